The fraction of sp³-hybridized carbons (Fsp3) is 0.600. The van der Waals surface area contributed by atoms with Crippen LogP contribution in [0, 0.1) is 0 Å². The summed E-state index contributed by atoms with van der Waals surface area (Å²) in [6.07, 6.45) is 0. The minimum absolute atomic E-state index is 0. The molecule has 13 heteroatoms. The molecule has 0 rings (SSSR count). The molecule has 0 aliphatic heterocycles. The zero-order valence-electron chi connectivity index (χ0n) is 13.4. The first kappa shape index (κ1) is 32.0. The Kier molecular flexibility index (Phi) is 29.8. The number of nitrogens with one attached hydrogen (secondary N) is 2. The van der Waals surface area contributed by atoms with Crippen LogP contribution < -0.4 is 10.6 Å². The summed E-state index contributed by atoms with van der Waals surface area (Å²) < 4.78 is 1.99. The van der Waals surface area contributed by atoms with Crippen molar-refractivity contribution in [1.82, 2.24) is 20.4 Å². The Morgan fingerprint density at radius 1 is 0.783 bits per heavy atom. The van der Waals surface area contributed by atoms with Gasteiger partial charge >= 0.3 is 19.5 Å². The van der Waals surface area contributed by atoms with Crippen molar-refractivity contribution in [1.29, 1.82) is 0 Å². The molecule has 0 spiro atoms. The summed E-state index contributed by atoms with van der Waals surface area (Å²) in [5.74, 6) is 0. The molecule has 0 unspecified atom stereocenters. The van der Waals surface area contributed by atoms with E-state index in [0.717, 1.165) is 0 Å². The first-order valence-electron chi connectivity index (χ1n) is 5.62. The average Bonchev–Trinajstić information content (AvgIpc) is 2.35. The SMILES string of the molecule is CN(C)C(=S)S.CN(C)C(=S)S.S=C([S-])NCCNC(=S)[S-].[Zn+2]. The molecular weight excluding hydrogens is 498 g/mol. The Hall–Kier alpha value is 1.32. The fourth-order valence-corrected chi connectivity index (χ4v) is 0.737. The zero-order chi connectivity index (χ0) is 18.3. The normalized spacial score (nSPS) is 7.74. The Morgan fingerprint density at radius 3 is 1.04 bits per heavy atom. The van der Waals surface area contributed by atoms with Crippen LogP contribution in [0.2, 0.25) is 0 Å². The predicted molar refractivity (Wildman–Crippen MR) is 126 cm³/mol. The quantitative estimate of drug-likeness (QED) is 0.145. The topological polar surface area (TPSA) is 30.5 Å². The second-order valence-corrected chi connectivity index (χ2v) is 8.16. The van der Waals surface area contributed by atoms with E-state index in [2.05, 4.69) is 110 Å². The molecule has 0 amide bonds. The number of hydrogen-bond acceptors (Lipinski definition) is 6. The van der Waals surface area contributed by atoms with Gasteiger partial charge in [0.2, 0.25) is 0 Å². The van der Waals surface area contributed by atoms with Crippen LogP contribution in [-0.2, 0) is 44.7 Å². The van der Waals surface area contributed by atoms with Gasteiger partial charge in [0.05, 0.1) is 0 Å². The molecule has 0 atom stereocenters. The second-order valence-electron chi connectivity index (χ2n) is 3.78. The van der Waals surface area contributed by atoms with Crippen molar-refractivity contribution in [3.63, 3.8) is 0 Å². The first-order valence-corrected chi connectivity index (χ1v) is 8.96. The summed E-state index contributed by atoms with van der Waals surface area (Å²) in [4.78, 5) is 3.52. The third-order valence-corrected chi connectivity index (χ3v) is 3.54. The van der Waals surface area contributed by atoms with Gasteiger partial charge in [-0.2, -0.15) is 0 Å². The van der Waals surface area contributed by atoms with Crippen LogP contribution in [0.25, 0.3) is 0 Å². The third kappa shape index (κ3) is 39.8. The van der Waals surface area contributed by atoms with E-state index in [4.69, 9.17) is 0 Å². The first-order chi connectivity index (χ1) is 9.91. The molecular formula is C10H20N4S8Zn. The van der Waals surface area contributed by atoms with Crippen molar-refractivity contribution in [2.45, 2.75) is 0 Å². The van der Waals surface area contributed by atoms with Gasteiger partial charge < -0.3 is 70.1 Å². The standard InChI is InChI=1S/C4H8N2S4.2C3H7NS2.Zn/c7-3(8)5-1-2-6-4(9)10;2*1-4(2)3(5)6;/h1-2H2,(H2,5,7,8)(H2,6,9,10);2*1-2H3,(H,5,6);/q;;;+2/p-2. The molecule has 0 saturated heterocycles. The molecule has 0 fully saturated rings. The molecule has 0 heterocycles. The van der Waals surface area contributed by atoms with Crippen LogP contribution >= 0.6 is 74.1 Å². The van der Waals surface area contributed by atoms with Gasteiger partial charge in [-0.1, -0.05) is 33.1 Å². The molecule has 23 heavy (non-hydrogen) atoms. The maximum atomic E-state index is 4.61. The van der Waals surface area contributed by atoms with Gasteiger partial charge in [0.15, 0.2) is 0 Å². The van der Waals surface area contributed by atoms with Gasteiger partial charge in [0.25, 0.3) is 0 Å². The van der Waals surface area contributed by atoms with Gasteiger partial charge in [0, 0.05) is 41.3 Å². The van der Waals surface area contributed by atoms with E-state index >= 15 is 0 Å². The Bertz CT molecular complexity index is 331. The Balaban J connectivity index is -0.000000122. The Labute approximate surface area is 196 Å². The van der Waals surface area contributed by atoms with Crippen LogP contribution in [0.4, 0.5) is 0 Å². The van der Waals surface area contributed by atoms with Crippen LogP contribution in [0.15, 0.2) is 0 Å². The van der Waals surface area contributed by atoms with Gasteiger partial charge in [-0.25, -0.2) is 0 Å². The maximum absolute atomic E-state index is 4.61. The van der Waals surface area contributed by atoms with Crippen molar-refractivity contribution < 1.29 is 19.5 Å². The van der Waals surface area contributed by atoms with Crippen LogP contribution in [0.5, 0.6) is 0 Å². The van der Waals surface area contributed by atoms with E-state index in [9.17, 15) is 0 Å². The van der Waals surface area contributed by atoms with Crippen LogP contribution in [0.3, 0.4) is 0 Å². The number of nitrogens with zero attached hydrogens (tertiary/aromatic N) is 2. The number of hydrogen-bond donors (Lipinski definition) is 4. The minimum Gasteiger partial charge on any atom is -0.412 e. The van der Waals surface area contributed by atoms with Crippen molar-refractivity contribution in [3.8, 4) is 0 Å². The molecule has 0 saturated carbocycles. The second kappa shape index (κ2) is 21.4. The van der Waals surface area contributed by atoms with Gasteiger partial charge in [-0.3, -0.25) is 0 Å². The van der Waals surface area contributed by atoms with Crippen molar-refractivity contribution in [2.75, 3.05) is 41.3 Å². The molecule has 0 aromatic rings. The number of rotatable bonds is 3. The molecule has 0 aromatic heterocycles. The van der Waals surface area contributed by atoms with Crippen molar-refractivity contribution in [2.24, 2.45) is 0 Å². The van der Waals surface area contributed by atoms with Crippen LogP contribution in [0.1, 0.15) is 0 Å². The number of thiol groups is 2. The summed E-state index contributed by atoms with van der Waals surface area (Å²) in [5, 5.41) is 5.56. The maximum Gasteiger partial charge on any atom is 2.00 e. The molecule has 2 N–H and O–H groups in total. The van der Waals surface area contributed by atoms with Crippen molar-refractivity contribution >= 4 is 117 Å². The number of thiocarbonyl (C=S) groups is 4. The fourth-order valence-electron chi connectivity index (χ4n) is 0.329. The van der Waals surface area contributed by atoms with Gasteiger partial charge in [-0.15, -0.1) is 25.3 Å². The van der Waals surface area contributed by atoms with E-state index in [1.54, 1.807) is 9.80 Å². The van der Waals surface area contributed by atoms with Gasteiger partial charge in [0.1, 0.15) is 8.64 Å². The zero-order valence-corrected chi connectivity index (χ0v) is 23.0. The summed E-state index contributed by atoms with van der Waals surface area (Å²) in [7, 11) is 7.43. The van der Waals surface area contributed by atoms with E-state index in [1.807, 2.05) is 28.2 Å². The average molecular weight is 518 g/mol. The van der Waals surface area contributed by atoms with E-state index < -0.39 is 0 Å². The molecule has 0 aliphatic carbocycles. The third-order valence-electron chi connectivity index (χ3n) is 1.43. The van der Waals surface area contributed by atoms with Crippen molar-refractivity contribution in [3.05, 3.63) is 0 Å². The minimum atomic E-state index is 0. The summed E-state index contributed by atoms with van der Waals surface area (Å²) in [6.45, 7) is 1.33. The molecule has 0 aromatic carbocycles. The molecule has 0 radical (unpaired) electrons. The molecule has 130 valence electrons. The smallest absolute Gasteiger partial charge is 0.412 e. The largest absolute Gasteiger partial charge is 2.00 e. The predicted octanol–water partition coefficient (Wildman–Crippen LogP) is 1.35. The van der Waals surface area contributed by atoms with E-state index in [-0.39, 0.29) is 19.5 Å². The Morgan fingerprint density at radius 2 is 0.957 bits per heavy atom. The summed E-state index contributed by atoms with van der Waals surface area (Å²) >= 11 is 35.3. The van der Waals surface area contributed by atoms with E-state index in [0.29, 0.717) is 30.4 Å². The van der Waals surface area contributed by atoms with Gasteiger partial charge in [-0.05, 0) is 0 Å². The summed E-state index contributed by atoms with van der Waals surface area (Å²) in [6, 6.07) is 0. The van der Waals surface area contributed by atoms with E-state index in [1.165, 1.54) is 0 Å². The molecule has 0 bridgehead atoms. The monoisotopic (exact) mass is 516 g/mol. The molecule has 0 aliphatic rings. The molecule has 4 nitrogen and oxygen atoms in total. The summed E-state index contributed by atoms with van der Waals surface area (Å²) in [5.41, 5.74) is 0. The van der Waals surface area contributed by atoms with Crippen LogP contribution in [-0.4, -0.2) is 68.4 Å².